The number of hydrogen-bond donors (Lipinski definition) is 3. The number of carbonyl (C=O) groups excluding carboxylic acids is 1. The molecule has 0 radical (unpaired) electrons. The lowest BCUT2D eigenvalue weighted by atomic mass is 9.82. The quantitative estimate of drug-likeness (QED) is 0.513. The summed E-state index contributed by atoms with van der Waals surface area (Å²) in [6.07, 6.45) is 11.5. The normalized spacial score (nSPS) is 16.5. The van der Waals surface area contributed by atoms with Crippen LogP contribution in [0.4, 0.5) is 0 Å². The Labute approximate surface area is 169 Å². The van der Waals surface area contributed by atoms with Crippen LogP contribution in [-0.4, -0.2) is 22.8 Å². The van der Waals surface area contributed by atoms with Gasteiger partial charge in [-0.1, -0.05) is 67.3 Å². The van der Waals surface area contributed by atoms with E-state index in [9.17, 15) is 9.90 Å². The van der Waals surface area contributed by atoms with Crippen molar-refractivity contribution in [3.8, 4) is 5.75 Å². The molecule has 6 heteroatoms. The van der Waals surface area contributed by atoms with E-state index in [1.165, 1.54) is 37.5 Å². The molecule has 1 fully saturated rings. The van der Waals surface area contributed by atoms with Gasteiger partial charge >= 0.3 is 0 Å². The molecule has 0 bridgehead atoms. The van der Waals surface area contributed by atoms with Crippen LogP contribution in [0.3, 0.4) is 0 Å². The first-order chi connectivity index (χ1) is 13.5. The fraction of sp³-hybridized carbons (Fsp3) is 0.273. The molecule has 3 rings (SSSR count). The third kappa shape index (κ3) is 5.44. The van der Waals surface area contributed by atoms with Crippen molar-refractivity contribution < 1.29 is 9.90 Å². The second-order valence-corrected chi connectivity index (χ2v) is 7.57. The number of hydrazone groups is 1. The van der Waals surface area contributed by atoms with Crippen molar-refractivity contribution in [3.63, 3.8) is 0 Å². The van der Waals surface area contributed by atoms with Gasteiger partial charge in [-0.15, -0.1) is 0 Å². The Morgan fingerprint density at radius 1 is 1.11 bits per heavy atom. The van der Waals surface area contributed by atoms with Crippen molar-refractivity contribution in [1.82, 2.24) is 5.43 Å². The van der Waals surface area contributed by atoms with E-state index in [0.717, 1.165) is 24.0 Å². The van der Waals surface area contributed by atoms with Gasteiger partial charge in [0.25, 0.3) is 5.91 Å². The van der Waals surface area contributed by atoms with Gasteiger partial charge in [-0.25, -0.2) is 5.43 Å². The van der Waals surface area contributed by atoms with Crippen LogP contribution in [0.5, 0.6) is 5.75 Å². The van der Waals surface area contributed by atoms with Gasteiger partial charge in [-0.05, 0) is 42.2 Å². The molecule has 0 atom stereocenters. The topological polar surface area (TPSA) is 87.7 Å². The number of phenols is 1. The molecule has 1 aliphatic carbocycles. The molecule has 0 saturated heterocycles. The second-order valence-electron chi connectivity index (χ2n) is 7.16. The number of amides is 1. The summed E-state index contributed by atoms with van der Waals surface area (Å²) >= 11 is 5.80. The maximum atomic E-state index is 12.0. The summed E-state index contributed by atoms with van der Waals surface area (Å²) in [5.74, 6) is -0.474. The largest absolute Gasteiger partial charge is 0.506 e. The third-order valence-electron chi connectivity index (χ3n) is 4.92. The van der Waals surface area contributed by atoms with Crippen LogP contribution in [0, 0.1) is 0 Å². The average molecular weight is 398 g/mol. The van der Waals surface area contributed by atoms with Gasteiger partial charge in [-0.2, -0.15) is 5.10 Å². The lowest BCUT2D eigenvalue weighted by molar-refractivity contribution is 0.0955. The van der Waals surface area contributed by atoms with Crippen molar-refractivity contribution in [2.45, 2.75) is 37.6 Å². The molecular formula is C22H24ClN3O2. The number of aromatic hydroxyl groups is 1. The third-order valence-corrected chi connectivity index (χ3v) is 5.22. The zero-order chi connectivity index (χ0) is 20.0. The minimum atomic E-state index is -0.404. The van der Waals surface area contributed by atoms with Gasteiger partial charge in [0.05, 0.1) is 11.2 Å². The SMILES string of the molecule is NC1(C=Cc2ccc(C=NNC(=O)c3ccc(O)c(Cl)c3)cc2)CCCCC1. The van der Waals surface area contributed by atoms with Crippen LogP contribution in [-0.2, 0) is 0 Å². The summed E-state index contributed by atoms with van der Waals surface area (Å²) in [6.45, 7) is 0. The molecule has 4 N–H and O–H groups in total. The van der Waals surface area contributed by atoms with E-state index >= 15 is 0 Å². The summed E-state index contributed by atoms with van der Waals surface area (Å²) in [7, 11) is 0. The number of benzene rings is 2. The predicted octanol–water partition coefficient (Wildman–Crippen LogP) is 4.48. The average Bonchev–Trinajstić information content (AvgIpc) is 2.70. The Hall–Kier alpha value is -2.63. The van der Waals surface area contributed by atoms with Crippen molar-refractivity contribution in [3.05, 3.63) is 70.3 Å². The molecule has 146 valence electrons. The predicted molar refractivity (Wildman–Crippen MR) is 114 cm³/mol. The highest BCUT2D eigenvalue weighted by Gasteiger charge is 2.23. The van der Waals surface area contributed by atoms with Crippen LogP contribution in [0.1, 0.15) is 53.6 Å². The molecule has 0 heterocycles. The van der Waals surface area contributed by atoms with E-state index in [1.807, 2.05) is 24.3 Å². The molecule has 0 aliphatic heterocycles. The lowest BCUT2D eigenvalue weighted by Gasteiger charge is -2.30. The molecule has 0 spiro atoms. The maximum absolute atomic E-state index is 12.0. The first-order valence-corrected chi connectivity index (χ1v) is 9.73. The molecule has 0 aromatic heterocycles. The van der Waals surface area contributed by atoms with E-state index < -0.39 is 5.91 Å². The molecule has 5 nitrogen and oxygen atoms in total. The van der Waals surface area contributed by atoms with Crippen LogP contribution in [0.2, 0.25) is 5.02 Å². The van der Waals surface area contributed by atoms with Crippen LogP contribution < -0.4 is 11.2 Å². The van der Waals surface area contributed by atoms with E-state index in [-0.39, 0.29) is 16.3 Å². The zero-order valence-electron chi connectivity index (χ0n) is 15.6. The van der Waals surface area contributed by atoms with E-state index in [2.05, 4.69) is 22.7 Å². The van der Waals surface area contributed by atoms with E-state index in [4.69, 9.17) is 17.3 Å². The van der Waals surface area contributed by atoms with Crippen LogP contribution >= 0.6 is 11.6 Å². The minimum Gasteiger partial charge on any atom is -0.506 e. The number of hydrogen-bond acceptors (Lipinski definition) is 4. The second kappa shape index (κ2) is 9.04. The first-order valence-electron chi connectivity index (χ1n) is 9.35. The summed E-state index contributed by atoms with van der Waals surface area (Å²) in [4.78, 5) is 12.0. The lowest BCUT2D eigenvalue weighted by Crippen LogP contribution is -2.39. The molecular weight excluding hydrogens is 374 g/mol. The molecule has 1 amide bonds. The zero-order valence-corrected chi connectivity index (χ0v) is 16.3. The van der Waals surface area contributed by atoms with Crippen LogP contribution in [0.25, 0.3) is 6.08 Å². The number of nitrogens with zero attached hydrogens (tertiary/aromatic N) is 1. The van der Waals surface area contributed by atoms with Crippen molar-refractivity contribution in [2.75, 3.05) is 0 Å². The van der Waals surface area contributed by atoms with Crippen molar-refractivity contribution in [1.29, 1.82) is 0 Å². The number of phenolic OH excluding ortho intramolecular Hbond substituents is 1. The Bertz CT molecular complexity index is 885. The molecule has 2 aromatic carbocycles. The molecule has 28 heavy (non-hydrogen) atoms. The Balaban J connectivity index is 1.56. The maximum Gasteiger partial charge on any atom is 0.271 e. The highest BCUT2D eigenvalue weighted by molar-refractivity contribution is 6.32. The summed E-state index contributed by atoms with van der Waals surface area (Å²) in [6, 6.07) is 12.1. The van der Waals surface area contributed by atoms with Gasteiger partial charge in [0.15, 0.2) is 0 Å². The molecule has 1 saturated carbocycles. The standard InChI is InChI=1S/C22H24ClN3O2/c23-19-14-18(8-9-20(19)27)21(28)26-25-15-17-6-4-16(5-7-17)10-13-22(24)11-2-1-3-12-22/h4-10,13-15,27H,1-3,11-12,24H2,(H,26,28). The van der Waals surface area contributed by atoms with Crippen LogP contribution in [0.15, 0.2) is 53.6 Å². The van der Waals surface area contributed by atoms with Gasteiger partial charge < -0.3 is 10.8 Å². The van der Waals surface area contributed by atoms with Gasteiger partial charge in [0.1, 0.15) is 5.75 Å². The van der Waals surface area contributed by atoms with Gasteiger partial charge in [0.2, 0.25) is 0 Å². The summed E-state index contributed by atoms with van der Waals surface area (Å²) in [5.41, 5.74) is 10.9. The Morgan fingerprint density at radius 2 is 1.79 bits per heavy atom. The van der Waals surface area contributed by atoms with E-state index in [0.29, 0.717) is 5.56 Å². The van der Waals surface area contributed by atoms with E-state index in [1.54, 1.807) is 6.21 Å². The molecule has 0 unspecified atom stereocenters. The minimum absolute atomic E-state index is 0.0695. The molecule has 1 aliphatic rings. The number of carbonyl (C=O) groups is 1. The number of rotatable bonds is 5. The van der Waals surface area contributed by atoms with Crippen molar-refractivity contribution in [2.24, 2.45) is 10.8 Å². The first kappa shape index (κ1) is 20.1. The monoisotopic (exact) mass is 397 g/mol. The Kier molecular flexibility index (Phi) is 6.49. The highest BCUT2D eigenvalue weighted by Crippen LogP contribution is 2.27. The van der Waals surface area contributed by atoms with Gasteiger partial charge in [-0.3, -0.25) is 4.79 Å². The number of halogens is 1. The van der Waals surface area contributed by atoms with Gasteiger partial charge in [0, 0.05) is 11.1 Å². The van der Waals surface area contributed by atoms with Crippen molar-refractivity contribution >= 4 is 29.8 Å². The Morgan fingerprint density at radius 3 is 2.46 bits per heavy atom. The number of nitrogens with two attached hydrogens (primary N) is 1. The molecule has 2 aromatic rings. The fourth-order valence-corrected chi connectivity index (χ4v) is 3.39. The number of nitrogens with one attached hydrogen (secondary N) is 1. The highest BCUT2D eigenvalue weighted by atomic mass is 35.5. The summed E-state index contributed by atoms with van der Waals surface area (Å²) < 4.78 is 0. The summed E-state index contributed by atoms with van der Waals surface area (Å²) in [5, 5.41) is 13.5. The fourth-order valence-electron chi connectivity index (χ4n) is 3.21. The smallest absolute Gasteiger partial charge is 0.271 e.